The first-order valence-electron chi connectivity index (χ1n) is 5.45. The standard InChI is InChI=1S/C11H13ClN2O3/c12-9-2-1-3-10(14(15)16)11(9)17-5-4-8-6-13-7-8/h1-3,8,13H,4-7H2. The van der Waals surface area contributed by atoms with E-state index in [0.29, 0.717) is 12.5 Å². The summed E-state index contributed by atoms with van der Waals surface area (Å²) < 4.78 is 5.43. The van der Waals surface area contributed by atoms with Crippen LogP contribution in [0.25, 0.3) is 0 Å². The molecule has 5 nitrogen and oxygen atoms in total. The molecule has 1 N–H and O–H groups in total. The van der Waals surface area contributed by atoms with Crippen molar-refractivity contribution in [1.82, 2.24) is 5.32 Å². The number of nitro benzene ring substituents is 1. The number of halogens is 1. The highest BCUT2D eigenvalue weighted by Gasteiger charge is 2.20. The van der Waals surface area contributed by atoms with Crippen molar-refractivity contribution >= 4 is 17.3 Å². The van der Waals surface area contributed by atoms with E-state index in [2.05, 4.69) is 5.32 Å². The van der Waals surface area contributed by atoms with Crippen LogP contribution in [-0.4, -0.2) is 24.6 Å². The molecule has 0 aromatic heterocycles. The molecule has 1 heterocycles. The minimum atomic E-state index is -0.480. The summed E-state index contributed by atoms with van der Waals surface area (Å²) >= 11 is 5.89. The second-order valence-corrected chi connectivity index (χ2v) is 4.41. The van der Waals surface area contributed by atoms with E-state index in [4.69, 9.17) is 16.3 Å². The number of ether oxygens (including phenoxy) is 1. The quantitative estimate of drug-likeness (QED) is 0.648. The first kappa shape index (κ1) is 12.1. The smallest absolute Gasteiger partial charge is 0.312 e. The predicted octanol–water partition coefficient (Wildman–Crippen LogP) is 2.24. The first-order valence-corrected chi connectivity index (χ1v) is 5.82. The summed E-state index contributed by atoms with van der Waals surface area (Å²) in [5, 5.41) is 14.2. The van der Waals surface area contributed by atoms with E-state index in [1.54, 1.807) is 12.1 Å². The van der Waals surface area contributed by atoms with Crippen LogP contribution in [0.4, 0.5) is 5.69 Å². The summed E-state index contributed by atoms with van der Waals surface area (Å²) in [5.74, 6) is 0.781. The van der Waals surface area contributed by atoms with Gasteiger partial charge in [0, 0.05) is 6.07 Å². The third kappa shape index (κ3) is 2.87. The molecule has 1 aliphatic heterocycles. The molecule has 0 unspecified atom stereocenters. The molecule has 6 heteroatoms. The van der Waals surface area contributed by atoms with Gasteiger partial charge in [0.05, 0.1) is 16.6 Å². The van der Waals surface area contributed by atoms with Gasteiger partial charge in [0.2, 0.25) is 5.75 Å². The number of nitro groups is 1. The Labute approximate surface area is 104 Å². The SMILES string of the molecule is O=[N+]([O-])c1cccc(Cl)c1OCCC1CNC1. The second-order valence-electron chi connectivity index (χ2n) is 4.01. The van der Waals surface area contributed by atoms with Crippen LogP contribution in [-0.2, 0) is 0 Å². The fraction of sp³-hybridized carbons (Fsp3) is 0.455. The number of nitrogens with zero attached hydrogens (tertiary/aromatic N) is 1. The maximum Gasteiger partial charge on any atom is 0.312 e. The number of rotatable bonds is 5. The molecule has 1 aromatic rings. The van der Waals surface area contributed by atoms with Gasteiger partial charge in [-0.15, -0.1) is 0 Å². The van der Waals surface area contributed by atoms with Gasteiger partial charge in [-0.25, -0.2) is 0 Å². The summed E-state index contributed by atoms with van der Waals surface area (Å²) in [6.07, 6.45) is 0.884. The van der Waals surface area contributed by atoms with E-state index < -0.39 is 4.92 Å². The Morgan fingerprint density at radius 3 is 2.88 bits per heavy atom. The first-order chi connectivity index (χ1) is 8.18. The van der Waals surface area contributed by atoms with E-state index >= 15 is 0 Å². The van der Waals surface area contributed by atoms with Gasteiger partial charge >= 0.3 is 5.69 Å². The topological polar surface area (TPSA) is 64.4 Å². The molecule has 0 radical (unpaired) electrons. The fourth-order valence-corrected chi connectivity index (χ4v) is 1.89. The molecule has 0 aliphatic carbocycles. The zero-order valence-corrected chi connectivity index (χ0v) is 9.94. The highest BCUT2D eigenvalue weighted by molar-refractivity contribution is 6.32. The van der Waals surface area contributed by atoms with Crippen molar-refractivity contribution in [1.29, 1.82) is 0 Å². The number of para-hydroxylation sites is 1. The van der Waals surface area contributed by atoms with Gasteiger partial charge in [0.15, 0.2) is 0 Å². The highest BCUT2D eigenvalue weighted by atomic mass is 35.5. The van der Waals surface area contributed by atoms with Gasteiger partial charge in [-0.05, 0) is 31.5 Å². The van der Waals surface area contributed by atoms with E-state index in [1.807, 2.05) is 0 Å². The molecular weight excluding hydrogens is 244 g/mol. The number of nitrogens with one attached hydrogen (secondary N) is 1. The van der Waals surface area contributed by atoms with Crippen molar-refractivity contribution in [3.05, 3.63) is 33.3 Å². The molecular formula is C11H13ClN2O3. The van der Waals surface area contributed by atoms with Gasteiger partial charge in [-0.1, -0.05) is 17.7 Å². The van der Waals surface area contributed by atoms with Crippen molar-refractivity contribution in [3.63, 3.8) is 0 Å². The third-order valence-electron chi connectivity index (χ3n) is 2.78. The lowest BCUT2D eigenvalue weighted by Crippen LogP contribution is -2.42. The number of benzene rings is 1. The van der Waals surface area contributed by atoms with Crippen LogP contribution in [0, 0.1) is 16.0 Å². The molecule has 0 amide bonds. The number of hydrogen-bond acceptors (Lipinski definition) is 4. The van der Waals surface area contributed by atoms with Crippen LogP contribution < -0.4 is 10.1 Å². The van der Waals surface area contributed by atoms with Crippen LogP contribution in [0.15, 0.2) is 18.2 Å². The van der Waals surface area contributed by atoms with Gasteiger partial charge < -0.3 is 10.1 Å². The Morgan fingerprint density at radius 1 is 1.53 bits per heavy atom. The molecule has 0 spiro atoms. The molecule has 1 saturated heterocycles. The predicted molar refractivity (Wildman–Crippen MR) is 64.6 cm³/mol. The van der Waals surface area contributed by atoms with Gasteiger partial charge in [0.1, 0.15) is 0 Å². The van der Waals surface area contributed by atoms with Crippen molar-refractivity contribution in [2.45, 2.75) is 6.42 Å². The molecule has 2 rings (SSSR count). The largest absolute Gasteiger partial charge is 0.486 e. The maximum atomic E-state index is 10.8. The summed E-state index contributed by atoms with van der Waals surface area (Å²) in [6.45, 7) is 2.44. The molecule has 1 aliphatic rings. The second kappa shape index (κ2) is 5.33. The van der Waals surface area contributed by atoms with E-state index in [-0.39, 0.29) is 16.5 Å². The normalized spacial score (nSPS) is 15.4. The highest BCUT2D eigenvalue weighted by Crippen LogP contribution is 2.34. The Kier molecular flexibility index (Phi) is 3.81. The summed E-state index contributed by atoms with van der Waals surface area (Å²) in [5.41, 5.74) is -0.0794. The Morgan fingerprint density at radius 2 is 2.29 bits per heavy atom. The van der Waals surface area contributed by atoms with Gasteiger partial charge in [-0.3, -0.25) is 10.1 Å². The van der Waals surface area contributed by atoms with E-state index in [1.165, 1.54) is 6.07 Å². The van der Waals surface area contributed by atoms with Crippen LogP contribution in [0.2, 0.25) is 5.02 Å². The minimum absolute atomic E-state index is 0.0794. The summed E-state index contributed by atoms with van der Waals surface area (Å²) in [4.78, 5) is 10.3. The van der Waals surface area contributed by atoms with Crippen molar-refractivity contribution in [3.8, 4) is 5.75 Å². The number of hydrogen-bond donors (Lipinski definition) is 1. The van der Waals surface area contributed by atoms with E-state index in [9.17, 15) is 10.1 Å². The molecule has 0 saturated carbocycles. The average Bonchev–Trinajstić information content (AvgIpc) is 2.23. The average molecular weight is 257 g/mol. The lowest BCUT2D eigenvalue weighted by molar-refractivity contribution is -0.385. The zero-order valence-electron chi connectivity index (χ0n) is 9.19. The van der Waals surface area contributed by atoms with E-state index in [0.717, 1.165) is 19.5 Å². The third-order valence-corrected chi connectivity index (χ3v) is 3.08. The maximum absolute atomic E-state index is 10.8. The molecule has 0 atom stereocenters. The van der Waals surface area contributed by atoms with Crippen molar-refractivity contribution in [2.75, 3.05) is 19.7 Å². The lowest BCUT2D eigenvalue weighted by Gasteiger charge is -2.26. The van der Waals surface area contributed by atoms with Gasteiger partial charge in [-0.2, -0.15) is 0 Å². The molecule has 1 fully saturated rings. The fourth-order valence-electron chi connectivity index (χ4n) is 1.66. The van der Waals surface area contributed by atoms with Crippen LogP contribution >= 0.6 is 11.6 Å². The molecule has 17 heavy (non-hydrogen) atoms. The Hall–Kier alpha value is -1.33. The van der Waals surface area contributed by atoms with Crippen LogP contribution in [0.3, 0.4) is 0 Å². The monoisotopic (exact) mass is 256 g/mol. The molecule has 0 bridgehead atoms. The van der Waals surface area contributed by atoms with Gasteiger partial charge in [0.25, 0.3) is 0 Å². The van der Waals surface area contributed by atoms with Crippen molar-refractivity contribution in [2.24, 2.45) is 5.92 Å². The summed E-state index contributed by atoms with van der Waals surface area (Å²) in [6, 6.07) is 4.53. The lowest BCUT2D eigenvalue weighted by atomic mass is 10.0. The van der Waals surface area contributed by atoms with Crippen LogP contribution in [0.5, 0.6) is 5.75 Å². The van der Waals surface area contributed by atoms with Crippen LogP contribution in [0.1, 0.15) is 6.42 Å². The zero-order chi connectivity index (χ0) is 12.3. The summed E-state index contributed by atoms with van der Waals surface area (Å²) in [7, 11) is 0. The molecule has 1 aromatic carbocycles. The van der Waals surface area contributed by atoms with Crippen molar-refractivity contribution < 1.29 is 9.66 Å². The Balaban J connectivity index is 2.00. The Bertz CT molecular complexity index is 421. The molecule has 92 valence electrons. The minimum Gasteiger partial charge on any atom is -0.486 e.